The second-order valence-electron chi connectivity index (χ2n) is 6.16. The molecular weight excluding hydrogens is 371 g/mol. The fourth-order valence-electron chi connectivity index (χ4n) is 3.03. The van der Waals surface area contributed by atoms with Crippen LogP contribution in [0.25, 0.3) is 0 Å². The van der Waals surface area contributed by atoms with Crippen molar-refractivity contribution in [1.29, 1.82) is 0 Å². The monoisotopic (exact) mass is 393 g/mol. The van der Waals surface area contributed by atoms with E-state index < -0.39 is 12.4 Å². The van der Waals surface area contributed by atoms with Crippen LogP contribution in [0.4, 0.5) is 13.2 Å². The first-order chi connectivity index (χ1) is 13.6. The smallest absolute Gasteiger partial charge is 0.387 e. The molecule has 8 heteroatoms. The fraction of sp³-hybridized carbons (Fsp3) is 0.350. The number of guanidine groups is 1. The van der Waals surface area contributed by atoms with Crippen LogP contribution in [-0.4, -0.2) is 25.7 Å². The Bertz CT molecular complexity index is 830. The van der Waals surface area contributed by atoms with E-state index in [0.717, 1.165) is 17.7 Å². The molecule has 1 unspecified atom stereocenters. The number of alkyl halides is 2. The molecule has 0 bridgehead atoms. The normalized spacial score (nSPS) is 16.3. The van der Waals surface area contributed by atoms with Crippen molar-refractivity contribution in [2.45, 2.75) is 32.5 Å². The Kier molecular flexibility index (Phi) is 6.62. The molecule has 2 aromatic rings. The number of nitrogens with zero attached hydrogens (tertiary/aromatic N) is 1. The molecule has 150 valence electrons. The second kappa shape index (κ2) is 9.34. The van der Waals surface area contributed by atoms with Gasteiger partial charge in [0, 0.05) is 18.5 Å². The molecule has 0 fully saturated rings. The van der Waals surface area contributed by atoms with E-state index in [0.29, 0.717) is 19.1 Å². The molecule has 2 N–H and O–H groups in total. The van der Waals surface area contributed by atoms with Crippen molar-refractivity contribution in [3.8, 4) is 11.5 Å². The number of rotatable bonds is 6. The summed E-state index contributed by atoms with van der Waals surface area (Å²) in [6.07, 6.45) is 0.737. The van der Waals surface area contributed by atoms with Gasteiger partial charge in [-0.2, -0.15) is 8.78 Å². The number of para-hydroxylation sites is 1. The fourth-order valence-corrected chi connectivity index (χ4v) is 3.03. The molecule has 5 nitrogen and oxygen atoms in total. The van der Waals surface area contributed by atoms with Crippen LogP contribution in [0.2, 0.25) is 0 Å². The largest absolute Gasteiger partial charge is 0.493 e. The van der Waals surface area contributed by atoms with Crippen molar-refractivity contribution < 1.29 is 22.6 Å². The minimum absolute atomic E-state index is 0.0209. The standard InChI is InChI=1S/C20H22F3N3O2/c1-2-24-20(26-16-10-11-27-17-8-4-3-6-13(16)17)25-12-14-15(21)7-5-9-18(14)28-19(22)23/h3-9,16,19H,2,10-12H2,1H3,(H2,24,25,26). The maximum atomic E-state index is 14.1. The molecule has 28 heavy (non-hydrogen) atoms. The molecule has 1 aliphatic rings. The minimum Gasteiger partial charge on any atom is -0.493 e. The van der Waals surface area contributed by atoms with E-state index in [1.807, 2.05) is 31.2 Å². The Balaban J connectivity index is 1.80. The summed E-state index contributed by atoms with van der Waals surface area (Å²) in [5.41, 5.74) is 0.986. The predicted molar refractivity (Wildman–Crippen MR) is 100 cm³/mol. The highest BCUT2D eigenvalue weighted by molar-refractivity contribution is 5.80. The summed E-state index contributed by atoms with van der Waals surface area (Å²) < 4.78 is 49.4. The highest BCUT2D eigenvalue weighted by atomic mass is 19.3. The van der Waals surface area contributed by atoms with Crippen LogP contribution in [0.1, 0.15) is 30.5 Å². The third kappa shape index (κ3) is 4.88. The maximum absolute atomic E-state index is 14.1. The SMILES string of the molecule is CCNC(=NCc1c(F)cccc1OC(F)F)NC1CCOc2ccccc21. The Morgan fingerprint density at radius 1 is 1.25 bits per heavy atom. The van der Waals surface area contributed by atoms with Gasteiger partial charge in [-0.15, -0.1) is 0 Å². The summed E-state index contributed by atoms with van der Waals surface area (Å²) in [5, 5.41) is 6.41. The van der Waals surface area contributed by atoms with Gasteiger partial charge in [0.25, 0.3) is 0 Å². The lowest BCUT2D eigenvalue weighted by atomic mass is 10.0. The number of aliphatic imine (C=N–C) groups is 1. The maximum Gasteiger partial charge on any atom is 0.387 e. The topological polar surface area (TPSA) is 54.9 Å². The quantitative estimate of drug-likeness (QED) is 0.575. The van der Waals surface area contributed by atoms with E-state index in [2.05, 4.69) is 20.4 Å². The van der Waals surface area contributed by atoms with Gasteiger partial charge in [-0.1, -0.05) is 24.3 Å². The van der Waals surface area contributed by atoms with Crippen LogP contribution < -0.4 is 20.1 Å². The third-order valence-electron chi connectivity index (χ3n) is 4.30. The van der Waals surface area contributed by atoms with E-state index >= 15 is 0 Å². The molecule has 1 aliphatic heterocycles. The van der Waals surface area contributed by atoms with Crippen LogP contribution in [0.5, 0.6) is 11.5 Å². The molecule has 0 spiro atoms. The molecule has 0 aliphatic carbocycles. The molecule has 3 rings (SSSR count). The zero-order chi connectivity index (χ0) is 19.9. The lowest BCUT2D eigenvalue weighted by Crippen LogP contribution is -2.41. The number of ether oxygens (including phenoxy) is 2. The van der Waals surface area contributed by atoms with Gasteiger partial charge >= 0.3 is 6.61 Å². The number of fused-ring (bicyclic) bond motifs is 1. The molecular formula is C20H22F3N3O2. The first-order valence-corrected chi connectivity index (χ1v) is 9.07. The van der Waals surface area contributed by atoms with Gasteiger partial charge in [0.15, 0.2) is 5.96 Å². The van der Waals surface area contributed by atoms with Crippen LogP contribution in [-0.2, 0) is 6.54 Å². The number of hydrogen-bond donors (Lipinski definition) is 2. The van der Waals surface area contributed by atoms with Gasteiger partial charge < -0.3 is 20.1 Å². The molecule has 2 aromatic carbocycles. The zero-order valence-electron chi connectivity index (χ0n) is 15.4. The first-order valence-electron chi connectivity index (χ1n) is 9.07. The highest BCUT2D eigenvalue weighted by Gasteiger charge is 2.22. The molecule has 1 atom stereocenters. The van der Waals surface area contributed by atoms with Gasteiger partial charge in [-0.05, 0) is 25.1 Å². The minimum atomic E-state index is -3.03. The van der Waals surface area contributed by atoms with E-state index in [9.17, 15) is 13.2 Å². The lowest BCUT2D eigenvalue weighted by Gasteiger charge is -2.28. The average molecular weight is 393 g/mol. The summed E-state index contributed by atoms with van der Waals surface area (Å²) in [7, 11) is 0. The van der Waals surface area contributed by atoms with E-state index in [1.165, 1.54) is 18.2 Å². The van der Waals surface area contributed by atoms with Crippen molar-refractivity contribution in [2.24, 2.45) is 4.99 Å². The zero-order valence-corrected chi connectivity index (χ0v) is 15.4. The predicted octanol–water partition coefficient (Wildman–Crippen LogP) is 4.01. The van der Waals surface area contributed by atoms with Gasteiger partial charge in [0.1, 0.15) is 17.3 Å². The van der Waals surface area contributed by atoms with Crippen LogP contribution in [0.15, 0.2) is 47.5 Å². The van der Waals surface area contributed by atoms with Crippen molar-refractivity contribution in [1.82, 2.24) is 10.6 Å². The highest BCUT2D eigenvalue weighted by Crippen LogP contribution is 2.31. The van der Waals surface area contributed by atoms with E-state index in [4.69, 9.17) is 4.74 Å². The Labute approximate surface area is 161 Å². The number of benzene rings is 2. The van der Waals surface area contributed by atoms with Gasteiger partial charge in [-0.3, -0.25) is 0 Å². The van der Waals surface area contributed by atoms with Crippen molar-refractivity contribution in [2.75, 3.05) is 13.2 Å². The number of nitrogens with one attached hydrogen (secondary N) is 2. The van der Waals surface area contributed by atoms with E-state index in [1.54, 1.807) is 0 Å². The average Bonchev–Trinajstić information content (AvgIpc) is 2.67. The Morgan fingerprint density at radius 2 is 2.07 bits per heavy atom. The number of hydrogen-bond acceptors (Lipinski definition) is 3. The van der Waals surface area contributed by atoms with Crippen LogP contribution in [0, 0.1) is 5.82 Å². The summed E-state index contributed by atoms with van der Waals surface area (Å²) in [6.45, 7) is -0.115. The summed E-state index contributed by atoms with van der Waals surface area (Å²) in [5.74, 6) is 0.402. The van der Waals surface area contributed by atoms with Crippen molar-refractivity contribution in [3.05, 3.63) is 59.4 Å². The van der Waals surface area contributed by atoms with Gasteiger partial charge in [-0.25, -0.2) is 9.38 Å². The molecule has 0 saturated heterocycles. The second-order valence-corrected chi connectivity index (χ2v) is 6.16. The summed E-state index contributed by atoms with van der Waals surface area (Å²) in [6, 6.07) is 11.5. The summed E-state index contributed by atoms with van der Waals surface area (Å²) in [4.78, 5) is 4.37. The van der Waals surface area contributed by atoms with Crippen molar-refractivity contribution in [3.63, 3.8) is 0 Å². The van der Waals surface area contributed by atoms with E-state index in [-0.39, 0.29) is 23.9 Å². The lowest BCUT2D eigenvalue weighted by molar-refractivity contribution is -0.0506. The van der Waals surface area contributed by atoms with Gasteiger partial charge in [0.05, 0.1) is 24.8 Å². The molecule has 1 heterocycles. The molecule has 0 amide bonds. The third-order valence-corrected chi connectivity index (χ3v) is 4.30. The van der Waals surface area contributed by atoms with Crippen LogP contribution in [0.3, 0.4) is 0 Å². The molecule has 0 aromatic heterocycles. The Hall–Kier alpha value is -2.90. The molecule has 0 saturated carbocycles. The molecule has 0 radical (unpaired) electrons. The van der Waals surface area contributed by atoms with Crippen molar-refractivity contribution >= 4 is 5.96 Å². The summed E-state index contributed by atoms with van der Waals surface area (Å²) >= 11 is 0. The first kappa shape index (κ1) is 19.9. The van der Waals surface area contributed by atoms with Gasteiger partial charge in [0.2, 0.25) is 0 Å². The van der Waals surface area contributed by atoms with Crippen LogP contribution >= 0.6 is 0 Å². The Morgan fingerprint density at radius 3 is 2.86 bits per heavy atom. The number of halogens is 3.